The first-order valence-corrected chi connectivity index (χ1v) is 8.58. The Labute approximate surface area is 116 Å². The van der Waals surface area contributed by atoms with Crippen LogP contribution < -0.4 is 10.0 Å². The van der Waals surface area contributed by atoms with Crippen LogP contribution >= 0.6 is 0 Å². The molecule has 0 bridgehead atoms. The summed E-state index contributed by atoms with van der Waals surface area (Å²) in [6, 6.07) is 0.352. The van der Waals surface area contributed by atoms with Crippen LogP contribution in [0.4, 0.5) is 0 Å². The Bertz CT molecular complexity index is 362. The van der Waals surface area contributed by atoms with Crippen molar-refractivity contribution in [3.05, 3.63) is 12.2 Å². The third kappa shape index (κ3) is 8.36. The van der Waals surface area contributed by atoms with Crippen LogP contribution in [0.5, 0.6) is 0 Å². The molecule has 1 aliphatic rings. The van der Waals surface area contributed by atoms with Gasteiger partial charge in [0.2, 0.25) is 10.0 Å². The van der Waals surface area contributed by atoms with Gasteiger partial charge in [0.1, 0.15) is 0 Å². The lowest BCUT2D eigenvalue weighted by atomic mass is 10.0. The number of ether oxygens (including phenoxy) is 1. The minimum Gasteiger partial charge on any atom is -0.376 e. The topological polar surface area (TPSA) is 67.4 Å². The van der Waals surface area contributed by atoms with E-state index in [1.165, 1.54) is 12.8 Å². The quantitative estimate of drug-likeness (QED) is 0.492. The summed E-state index contributed by atoms with van der Waals surface area (Å²) in [5.41, 5.74) is 0.936. The van der Waals surface area contributed by atoms with Crippen molar-refractivity contribution in [1.82, 2.24) is 10.0 Å². The lowest BCUT2D eigenvalue weighted by Crippen LogP contribution is -2.37. The summed E-state index contributed by atoms with van der Waals surface area (Å²) in [5, 5.41) is 3.35. The molecule has 1 unspecified atom stereocenters. The Morgan fingerprint density at radius 2 is 2.26 bits per heavy atom. The van der Waals surface area contributed by atoms with Gasteiger partial charge in [0.05, 0.1) is 19.0 Å². The molecule has 0 aromatic rings. The Morgan fingerprint density at radius 1 is 1.47 bits per heavy atom. The van der Waals surface area contributed by atoms with Crippen molar-refractivity contribution < 1.29 is 13.2 Å². The Morgan fingerprint density at radius 3 is 2.89 bits per heavy atom. The van der Waals surface area contributed by atoms with Crippen LogP contribution in [-0.4, -0.2) is 46.5 Å². The second-order valence-electron chi connectivity index (χ2n) is 5.16. The van der Waals surface area contributed by atoms with E-state index in [0.717, 1.165) is 18.5 Å². The zero-order valence-electron chi connectivity index (χ0n) is 11.8. The highest BCUT2D eigenvalue weighted by molar-refractivity contribution is 7.89. The molecule has 0 aliphatic carbocycles. The molecule has 0 amide bonds. The van der Waals surface area contributed by atoms with Gasteiger partial charge < -0.3 is 10.1 Å². The lowest BCUT2D eigenvalue weighted by Gasteiger charge is -2.23. The monoisotopic (exact) mass is 290 g/mol. The predicted octanol–water partition coefficient (Wildman–Crippen LogP) is 1.03. The van der Waals surface area contributed by atoms with Crippen molar-refractivity contribution in [2.45, 2.75) is 38.6 Å². The number of nitrogens with one attached hydrogen (secondary N) is 2. The van der Waals surface area contributed by atoms with E-state index in [4.69, 9.17) is 4.74 Å². The van der Waals surface area contributed by atoms with E-state index < -0.39 is 10.0 Å². The fraction of sp³-hybridized carbons (Fsp3) is 0.846. The minimum absolute atomic E-state index is 0.186. The van der Waals surface area contributed by atoms with Crippen molar-refractivity contribution >= 4 is 10.0 Å². The average molecular weight is 290 g/mol. The summed E-state index contributed by atoms with van der Waals surface area (Å²) in [6.07, 6.45) is 4.15. The summed E-state index contributed by atoms with van der Waals surface area (Å²) in [7, 11) is -3.17. The number of hydrogen-bond donors (Lipinski definition) is 2. The van der Waals surface area contributed by atoms with Gasteiger partial charge in [-0.05, 0) is 32.7 Å². The maximum absolute atomic E-state index is 11.8. The molecule has 1 atom stereocenters. The second kappa shape index (κ2) is 8.68. The van der Waals surface area contributed by atoms with E-state index in [2.05, 4.69) is 16.6 Å². The molecule has 1 saturated heterocycles. The molecule has 0 aromatic heterocycles. The van der Waals surface area contributed by atoms with Crippen LogP contribution in [0.25, 0.3) is 0 Å². The molecule has 0 saturated carbocycles. The van der Waals surface area contributed by atoms with Gasteiger partial charge in [-0.25, -0.2) is 13.1 Å². The molecule has 6 heteroatoms. The summed E-state index contributed by atoms with van der Waals surface area (Å²) in [6.45, 7) is 7.78. The first kappa shape index (κ1) is 16.6. The van der Waals surface area contributed by atoms with Crippen molar-refractivity contribution in [2.24, 2.45) is 0 Å². The standard InChI is InChI=1S/C13H26N2O3S/c1-12(2)11-18-9-8-15-19(16,17)10-6-13-5-3-4-7-14-13/h13-15H,1,3-11H2,2H3. The first-order valence-electron chi connectivity index (χ1n) is 6.92. The van der Waals surface area contributed by atoms with E-state index in [1.54, 1.807) is 0 Å². The highest BCUT2D eigenvalue weighted by atomic mass is 32.2. The van der Waals surface area contributed by atoms with Crippen molar-refractivity contribution in [3.8, 4) is 0 Å². The number of hydrogen-bond acceptors (Lipinski definition) is 4. The van der Waals surface area contributed by atoms with Crippen molar-refractivity contribution in [1.29, 1.82) is 0 Å². The van der Waals surface area contributed by atoms with Crippen LogP contribution in [0.15, 0.2) is 12.2 Å². The Kier molecular flexibility index (Phi) is 7.60. The van der Waals surface area contributed by atoms with E-state index in [0.29, 0.717) is 32.2 Å². The van der Waals surface area contributed by atoms with Gasteiger partial charge in [0.15, 0.2) is 0 Å². The van der Waals surface area contributed by atoms with Crippen LogP contribution in [0.1, 0.15) is 32.6 Å². The molecule has 1 rings (SSSR count). The third-order valence-electron chi connectivity index (χ3n) is 3.06. The Balaban J connectivity index is 2.11. The first-order chi connectivity index (χ1) is 8.99. The van der Waals surface area contributed by atoms with E-state index >= 15 is 0 Å². The molecular formula is C13H26N2O3S. The van der Waals surface area contributed by atoms with Gasteiger partial charge in [0, 0.05) is 12.6 Å². The number of rotatable bonds is 9. The van der Waals surface area contributed by atoms with Gasteiger partial charge in [-0.3, -0.25) is 0 Å². The van der Waals surface area contributed by atoms with Crippen LogP contribution in [-0.2, 0) is 14.8 Å². The largest absolute Gasteiger partial charge is 0.376 e. The fourth-order valence-corrected chi connectivity index (χ4v) is 3.19. The summed E-state index contributed by atoms with van der Waals surface area (Å²) >= 11 is 0. The number of sulfonamides is 1. The van der Waals surface area contributed by atoms with Crippen molar-refractivity contribution in [2.75, 3.05) is 32.1 Å². The average Bonchev–Trinajstić information content (AvgIpc) is 2.37. The predicted molar refractivity (Wildman–Crippen MR) is 77.7 cm³/mol. The number of piperidine rings is 1. The molecule has 5 nitrogen and oxygen atoms in total. The molecular weight excluding hydrogens is 264 g/mol. The highest BCUT2D eigenvalue weighted by Crippen LogP contribution is 2.10. The highest BCUT2D eigenvalue weighted by Gasteiger charge is 2.16. The summed E-state index contributed by atoms with van der Waals surface area (Å²) < 4.78 is 31.3. The molecule has 0 spiro atoms. The summed E-state index contributed by atoms with van der Waals surface area (Å²) in [5.74, 6) is 0.186. The zero-order valence-corrected chi connectivity index (χ0v) is 12.6. The molecule has 1 aliphatic heterocycles. The van der Waals surface area contributed by atoms with E-state index in [-0.39, 0.29) is 5.75 Å². The molecule has 0 aromatic carbocycles. The van der Waals surface area contributed by atoms with E-state index in [9.17, 15) is 8.42 Å². The van der Waals surface area contributed by atoms with E-state index in [1.807, 2.05) is 6.92 Å². The molecule has 0 radical (unpaired) electrons. The maximum atomic E-state index is 11.8. The fourth-order valence-electron chi connectivity index (χ4n) is 2.06. The second-order valence-corrected chi connectivity index (χ2v) is 7.08. The maximum Gasteiger partial charge on any atom is 0.211 e. The van der Waals surface area contributed by atoms with Crippen LogP contribution in [0, 0.1) is 0 Å². The normalized spacial score (nSPS) is 20.4. The molecule has 1 heterocycles. The molecule has 112 valence electrons. The van der Waals surface area contributed by atoms with Gasteiger partial charge in [-0.1, -0.05) is 18.6 Å². The summed E-state index contributed by atoms with van der Waals surface area (Å²) in [4.78, 5) is 0. The van der Waals surface area contributed by atoms with Gasteiger partial charge in [0.25, 0.3) is 0 Å². The lowest BCUT2D eigenvalue weighted by molar-refractivity contribution is 0.162. The molecule has 1 fully saturated rings. The van der Waals surface area contributed by atoms with Gasteiger partial charge >= 0.3 is 0 Å². The smallest absolute Gasteiger partial charge is 0.211 e. The third-order valence-corrected chi connectivity index (χ3v) is 4.48. The SMILES string of the molecule is C=C(C)COCCNS(=O)(=O)CCC1CCCCN1. The van der Waals surface area contributed by atoms with Gasteiger partial charge in [-0.15, -0.1) is 0 Å². The van der Waals surface area contributed by atoms with Crippen LogP contribution in [0.2, 0.25) is 0 Å². The van der Waals surface area contributed by atoms with Crippen LogP contribution in [0.3, 0.4) is 0 Å². The minimum atomic E-state index is -3.17. The van der Waals surface area contributed by atoms with Crippen molar-refractivity contribution in [3.63, 3.8) is 0 Å². The Hall–Kier alpha value is -0.430. The molecule has 2 N–H and O–H groups in total. The molecule has 19 heavy (non-hydrogen) atoms. The zero-order chi connectivity index (χ0) is 14.1. The van der Waals surface area contributed by atoms with Gasteiger partial charge in [-0.2, -0.15) is 0 Å².